The number of fused-ring (bicyclic) bond motifs is 2. The summed E-state index contributed by atoms with van der Waals surface area (Å²) in [5.74, 6) is 2.38. The Hall–Kier alpha value is -2.04. The number of hydrogen-bond donors (Lipinski definition) is 2. The van der Waals surface area contributed by atoms with Crippen LogP contribution in [0.25, 0.3) is 0 Å². The molecule has 3 aliphatic rings. The Morgan fingerprint density at radius 1 is 1.11 bits per heavy atom. The highest BCUT2D eigenvalue weighted by molar-refractivity contribution is 5.90. The van der Waals surface area contributed by atoms with Gasteiger partial charge in [-0.15, -0.1) is 0 Å². The van der Waals surface area contributed by atoms with Gasteiger partial charge in [-0.05, 0) is 68.9 Å². The molecule has 5 nitrogen and oxygen atoms in total. The lowest BCUT2D eigenvalue weighted by atomic mass is 9.83. The minimum Gasteiger partial charge on any atom is -0.353 e. The molecule has 146 valence electrons. The predicted molar refractivity (Wildman–Crippen MR) is 106 cm³/mol. The van der Waals surface area contributed by atoms with E-state index in [4.69, 9.17) is 0 Å². The predicted octanol–water partition coefficient (Wildman–Crippen LogP) is 3.87. The van der Waals surface area contributed by atoms with Crippen LogP contribution in [-0.4, -0.2) is 36.0 Å². The number of carbonyl (C=O) groups is 2. The molecule has 0 spiro atoms. The van der Waals surface area contributed by atoms with E-state index in [1.54, 1.807) is 4.90 Å². The molecule has 5 atom stereocenters. The van der Waals surface area contributed by atoms with Gasteiger partial charge in [0.25, 0.3) is 0 Å². The third kappa shape index (κ3) is 4.12. The molecule has 0 unspecified atom stereocenters. The van der Waals surface area contributed by atoms with Crippen molar-refractivity contribution in [2.75, 3.05) is 18.4 Å². The monoisotopic (exact) mass is 369 g/mol. The molecule has 2 N–H and O–H groups in total. The van der Waals surface area contributed by atoms with Gasteiger partial charge >= 0.3 is 6.03 Å². The van der Waals surface area contributed by atoms with Crippen LogP contribution in [0.15, 0.2) is 30.3 Å². The van der Waals surface area contributed by atoms with Crippen molar-refractivity contribution in [2.45, 2.75) is 51.5 Å². The van der Waals surface area contributed by atoms with Crippen molar-refractivity contribution < 1.29 is 9.59 Å². The number of piperidine rings is 1. The van der Waals surface area contributed by atoms with E-state index in [1.165, 1.54) is 25.7 Å². The summed E-state index contributed by atoms with van der Waals surface area (Å²) in [6, 6.07) is 9.62. The molecule has 3 amide bonds. The van der Waals surface area contributed by atoms with Gasteiger partial charge in [-0.2, -0.15) is 0 Å². The first-order valence-corrected chi connectivity index (χ1v) is 10.5. The van der Waals surface area contributed by atoms with Crippen LogP contribution in [0.4, 0.5) is 10.5 Å². The van der Waals surface area contributed by atoms with E-state index in [1.807, 2.05) is 30.3 Å². The van der Waals surface area contributed by atoms with Crippen LogP contribution in [0, 0.1) is 23.7 Å². The summed E-state index contributed by atoms with van der Waals surface area (Å²) >= 11 is 0. The maximum absolute atomic E-state index is 12.8. The number of rotatable bonds is 4. The van der Waals surface area contributed by atoms with Gasteiger partial charge in [0.15, 0.2) is 0 Å². The molecular formula is C22H31N3O2. The third-order valence-corrected chi connectivity index (χ3v) is 6.91. The number of amides is 3. The highest BCUT2D eigenvalue weighted by Crippen LogP contribution is 2.49. The van der Waals surface area contributed by atoms with Crippen LogP contribution in [0.3, 0.4) is 0 Å². The van der Waals surface area contributed by atoms with Crippen molar-refractivity contribution in [3.8, 4) is 0 Å². The van der Waals surface area contributed by atoms with Crippen molar-refractivity contribution in [1.29, 1.82) is 0 Å². The van der Waals surface area contributed by atoms with Gasteiger partial charge in [-0.25, -0.2) is 4.79 Å². The molecule has 4 rings (SSSR count). The maximum Gasteiger partial charge on any atom is 0.321 e. The standard InChI is InChI=1S/C22H31N3O2/c1-15(20-13-16-9-10-17(20)12-16)23-21(26)18-6-5-11-25(14-18)22(27)24-19-7-3-2-4-8-19/h2-4,7-8,15-18,20H,5-6,9-14H2,1H3,(H,23,26)(H,24,27)/t15-,16-,17-,18+,20-/m0/s1. The minimum atomic E-state index is -0.111. The molecule has 5 heteroatoms. The van der Waals surface area contributed by atoms with Crippen molar-refractivity contribution in [3.05, 3.63) is 30.3 Å². The molecule has 2 aliphatic carbocycles. The quantitative estimate of drug-likeness (QED) is 0.846. The number of para-hydroxylation sites is 1. The van der Waals surface area contributed by atoms with Gasteiger partial charge in [-0.3, -0.25) is 4.79 Å². The fourth-order valence-electron chi connectivity index (χ4n) is 5.46. The molecule has 1 aromatic carbocycles. The number of anilines is 1. The molecule has 1 saturated heterocycles. The van der Waals surface area contributed by atoms with Crippen LogP contribution in [0.5, 0.6) is 0 Å². The lowest BCUT2D eigenvalue weighted by molar-refractivity contribution is -0.127. The Kier molecular flexibility index (Phi) is 5.37. The Morgan fingerprint density at radius 2 is 1.93 bits per heavy atom. The van der Waals surface area contributed by atoms with Gasteiger partial charge in [0.05, 0.1) is 5.92 Å². The van der Waals surface area contributed by atoms with Crippen molar-refractivity contribution in [1.82, 2.24) is 10.2 Å². The average molecular weight is 370 g/mol. The number of carbonyl (C=O) groups excluding carboxylic acids is 2. The molecular weight excluding hydrogens is 338 g/mol. The van der Waals surface area contributed by atoms with Crippen LogP contribution in [0.2, 0.25) is 0 Å². The molecule has 2 bridgehead atoms. The van der Waals surface area contributed by atoms with Crippen molar-refractivity contribution >= 4 is 17.6 Å². The largest absolute Gasteiger partial charge is 0.353 e. The molecule has 0 aromatic heterocycles. The normalized spacial score (nSPS) is 30.8. The van der Waals surface area contributed by atoms with Gasteiger partial charge in [-0.1, -0.05) is 24.6 Å². The van der Waals surface area contributed by atoms with Gasteiger partial charge in [0.2, 0.25) is 5.91 Å². The smallest absolute Gasteiger partial charge is 0.321 e. The van der Waals surface area contributed by atoms with E-state index < -0.39 is 0 Å². The fraction of sp³-hybridized carbons (Fsp3) is 0.636. The first-order valence-electron chi connectivity index (χ1n) is 10.5. The second-order valence-electron chi connectivity index (χ2n) is 8.72. The van der Waals surface area contributed by atoms with E-state index in [2.05, 4.69) is 17.6 Å². The SMILES string of the molecule is C[C@H](NC(=O)[C@@H]1CCCN(C(=O)Nc2ccccc2)C1)[C@@H]1C[C@H]2CC[C@H]1C2. The van der Waals surface area contributed by atoms with Crippen LogP contribution in [0.1, 0.15) is 45.4 Å². The Morgan fingerprint density at radius 3 is 2.63 bits per heavy atom. The minimum absolute atomic E-state index is 0.0960. The van der Waals surface area contributed by atoms with E-state index in [9.17, 15) is 9.59 Å². The van der Waals surface area contributed by atoms with Crippen LogP contribution >= 0.6 is 0 Å². The van der Waals surface area contributed by atoms with E-state index in [0.717, 1.165) is 30.4 Å². The average Bonchev–Trinajstić information content (AvgIpc) is 3.32. The van der Waals surface area contributed by atoms with Gasteiger partial charge in [0, 0.05) is 24.8 Å². The zero-order chi connectivity index (χ0) is 18.8. The van der Waals surface area contributed by atoms with Crippen molar-refractivity contribution in [2.24, 2.45) is 23.7 Å². The molecule has 1 aromatic rings. The first-order chi connectivity index (χ1) is 13.1. The molecule has 0 radical (unpaired) electrons. The van der Waals surface area contributed by atoms with Crippen LogP contribution < -0.4 is 10.6 Å². The first kappa shape index (κ1) is 18.3. The number of benzene rings is 1. The number of nitrogens with zero attached hydrogens (tertiary/aromatic N) is 1. The lowest BCUT2D eigenvalue weighted by Gasteiger charge is -2.34. The van der Waals surface area contributed by atoms with E-state index >= 15 is 0 Å². The summed E-state index contributed by atoms with van der Waals surface area (Å²) in [7, 11) is 0. The highest BCUT2D eigenvalue weighted by atomic mass is 16.2. The third-order valence-electron chi connectivity index (χ3n) is 6.91. The summed E-state index contributed by atoms with van der Waals surface area (Å²) in [6.07, 6.45) is 7.11. The topological polar surface area (TPSA) is 61.4 Å². The zero-order valence-electron chi connectivity index (χ0n) is 16.2. The molecule has 1 aliphatic heterocycles. The second kappa shape index (κ2) is 7.91. The summed E-state index contributed by atoms with van der Waals surface area (Å²) in [6.45, 7) is 3.39. The molecule has 1 heterocycles. The summed E-state index contributed by atoms with van der Waals surface area (Å²) in [5, 5.41) is 6.22. The summed E-state index contributed by atoms with van der Waals surface area (Å²) < 4.78 is 0. The second-order valence-corrected chi connectivity index (χ2v) is 8.72. The lowest BCUT2D eigenvalue weighted by Crippen LogP contribution is -2.49. The summed E-state index contributed by atoms with van der Waals surface area (Å²) in [4.78, 5) is 27.1. The number of likely N-dealkylation sites (tertiary alicyclic amines) is 1. The van der Waals surface area contributed by atoms with Crippen LogP contribution in [-0.2, 0) is 4.79 Å². The number of urea groups is 1. The maximum atomic E-state index is 12.8. The van der Waals surface area contributed by atoms with E-state index in [-0.39, 0.29) is 23.9 Å². The Labute approximate surface area is 161 Å². The summed E-state index contributed by atoms with van der Waals surface area (Å²) in [5.41, 5.74) is 0.791. The Bertz CT molecular complexity index is 677. The molecule has 2 saturated carbocycles. The fourth-order valence-corrected chi connectivity index (χ4v) is 5.46. The molecule has 27 heavy (non-hydrogen) atoms. The Balaban J connectivity index is 1.29. The number of hydrogen-bond acceptors (Lipinski definition) is 2. The zero-order valence-corrected chi connectivity index (χ0v) is 16.2. The highest BCUT2D eigenvalue weighted by Gasteiger charge is 2.42. The van der Waals surface area contributed by atoms with E-state index in [0.29, 0.717) is 19.0 Å². The van der Waals surface area contributed by atoms with Gasteiger partial charge in [0.1, 0.15) is 0 Å². The van der Waals surface area contributed by atoms with Crippen molar-refractivity contribution in [3.63, 3.8) is 0 Å². The van der Waals surface area contributed by atoms with Gasteiger partial charge < -0.3 is 15.5 Å². The number of nitrogens with one attached hydrogen (secondary N) is 2. The molecule has 3 fully saturated rings.